The first-order valence-electron chi connectivity index (χ1n) is 8.02. The molecule has 1 unspecified atom stereocenters. The molecule has 0 aliphatic carbocycles. The molecule has 1 nitrogen and oxygen atoms in total. The minimum atomic E-state index is -0.161. The highest BCUT2D eigenvalue weighted by Crippen LogP contribution is 2.31. The second-order valence-corrected chi connectivity index (χ2v) is 5.68. The summed E-state index contributed by atoms with van der Waals surface area (Å²) in [7, 11) is 0. The van der Waals surface area contributed by atoms with Gasteiger partial charge >= 0.3 is 0 Å². The molecule has 2 aromatic carbocycles. The molecule has 0 spiro atoms. The van der Waals surface area contributed by atoms with Gasteiger partial charge in [-0.25, -0.2) is 4.39 Å². The molecule has 0 saturated carbocycles. The summed E-state index contributed by atoms with van der Waals surface area (Å²) in [5.74, 6) is -0.161. The summed E-state index contributed by atoms with van der Waals surface area (Å²) < 4.78 is 14.3. The predicted molar refractivity (Wildman–Crippen MR) is 97.1 cm³/mol. The number of rotatable bonds is 7. The van der Waals surface area contributed by atoms with E-state index < -0.39 is 0 Å². The van der Waals surface area contributed by atoms with E-state index in [-0.39, 0.29) is 11.9 Å². The molecule has 0 heterocycles. The Kier molecular flexibility index (Phi) is 5.75. The Balaban J connectivity index is 2.41. The fourth-order valence-corrected chi connectivity index (χ4v) is 2.78. The van der Waals surface area contributed by atoms with Gasteiger partial charge in [-0.15, -0.1) is 0 Å². The smallest absolute Gasteiger partial charge is 0.128 e. The van der Waals surface area contributed by atoms with Crippen LogP contribution < -0.4 is 4.90 Å². The first kappa shape index (κ1) is 17.0. The Morgan fingerprint density at radius 2 is 1.91 bits per heavy atom. The van der Waals surface area contributed by atoms with Crippen molar-refractivity contribution in [2.75, 3.05) is 4.90 Å². The van der Waals surface area contributed by atoms with Gasteiger partial charge in [0.05, 0.1) is 6.04 Å². The van der Waals surface area contributed by atoms with Gasteiger partial charge in [-0.2, -0.15) is 0 Å². The van der Waals surface area contributed by atoms with Crippen molar-refractivity contribution in [3.63, 3.8) is 0 Å². The normalized spacial score (nSPS) is 11.8. The van der Waals surface area contributed by atoms with Crippen LogP contribution in [-0.2, 0) is 6.42 Å². The van der Waals surface area contributed by atoms with Crippen molar-refractivity contribution in [2.24, 2.45) is 0 Å². The van der Waals surface area contributed by atoms with Gasteiger partial charge in [-0.3, -0.25) is 0 Å². The monoisotopic (exact) mass is 309 g/mol. The van der Waals surface area contributed by atoms with Gasteiger partial charge in [0, 0.05) is 11.4 Å². The molecule has 0 aliphatic rings. The molecule has 0 fully saturated rings. The van der Waals surface area contributed by atoms with Crippen LogP contribution in [0.1, 0.15) is 37.4 Å². The maximum atomic E-state index is 14.3. The molecule has 2 rings (SSSR count). The van der Waals surface area contributed by atoms with Crippen molar-refractivity contribution >= 4 is 5.69 Å². The maximum Gasteiger partial charge on any atom is 0.128 e. The molecule has 2 heteroatoms. The van der Waals surface area contributed by atoms with Crippen LogP contribution in [0, 0.1) is 5.82 Å². The number of allylic oxidation sites excluding steroid dienone is 1. The van der Waals surface area contributed by atoms with Crippen LogP contribution >= 0.6 is 0 Å². The fourth-order valence-electron chi connectivity index (χ4n) is 2.78. The lowest BCUT2D eigenvalue weighted by Crippen LogP contribution is -2.25. The number of benzene rings is 2. The molecular weight excluding hydrogens is 285 g/mol. The van der Waals surface area contributed by atoms with Crippen LogP contribution in [0.15, 0.2) is 73.5 Å². The summed E-state index contributed by atoms with van der Waals surface area (Å²) in [5, 5.41) is 0. The number of hydrogen-bond donors (Lipinski definition) is 0. The van der Waals surface area contributed by atoms with E-state index in [1.807, 2.05) is 35.2 Å². The van der Waals surface area contributed by atoms with Gasteiger partial charge in [-0.1, -0.05) is 62.9 Å². The summed E-state index contributed by atoms with van der Waals surface area (Å²) in [4.78, 5) is 2.02. The third-order valence-corrected chi connectivity index (χ3v) is 4.05. The molecule has 1 atom stereocenters. The average Bonchev–Trinajstić information content (AvgIpc) is 2.58. The summed E-state index contributed by atoms with van der Waals surface area (Å²) in [6.07, 6.45) is 3.39. The Morgan fingerprint density at radius 3 is 2.48 bits per heavy atom. The van der Waals surface area contributed by atoms with Gasteiger partial charge in [0.1, 0.15) is 5.82 Å². The van der Waals surface area contributed by atoms with Gasteiger partial charge in [0.25, 0.3) is 0 Å². The second kappa shape index (κ2) is 7.77. The number of anilines is 1. The van der Waals surface area contributed by atoms with E-state index in [1.165, 1.54) is 0 Å². The van der Waals surface area contributed by atoms with Gasteiger partial charge in [0.2, 0.25) is 0 Å². The Hall–Kier alpha value is -2.35. The lowest BCUT2D eigenvalue weighted by atomic mass is 10.0. The first-order valence-corrected chi connectivity index (χ1v) is 8.02. The third-order valence-electron chi connectivity index (χ3n) is 4.05. The Labute approximate surface area is 138 Å². The van der Waals surface area contributed by atoms with Crippen LogP contribution in [0.4, 0.5) is 10.1 Å². The van der Waals surface area contributed by atoms with E-state index >= 15 is 0 Å². The molecule has 0 amide bonds. The molecule has 0 radical (unpaired) electrons. The second-order valence-electron chi connectivity index (χ2n) is 5.68. The summed E-state index contributed by atoms with van der Waals surface area (Å²) in [6, 6.07) is 15.6. The van der Waals surface area contributed by atoms with Crippen molar-refractivity contribution in [1.82, 2.24) is 0 Å². The number of nitrogens with zero attached hydrogens (tertiary/aromatic N) is 1. The summed E-state index contributed by atoms with van der Waals surface area (Å²) in [6.45, 7) is 12.0. The van der Waals surface area contributed by atoms with Crippen molar-refractivity contribution in [3.05, 3.63) is 90.4 Å². The Morgan fingerprint density at radius 1 is 1.22 bits per heavy atom. The summed E-state index contributed by atoms with van der Waals surface area (Å²) >= 11 is 0. The summed E-state index contributed by atoms with van der Waals surface area (Å²) in [5.41, 5.74) is 3.45. The van der Waals surface area contributed by atoms with Gasteiger partial charge < -0.3 is 4.90 Å². The van der Waals surface area contributed by atoms with Crippen molar-refractivity contribution < 1.29 is 4.39 Å². The van der Waals surface area contributed by atoms with Crippen LogP contribution in [-0.4, -0.2) is 0 Å². The zero-order valence-electron chi connectivity index (χ0n) is 13.9. The molecule has 23 heavy (non-hydrogen) atoms. The van der Waals surface area contributed by atoms with Crippen molar-refractivity contribution in [1.29, 1.82) is 0 Å². The largest absolute Gasteiger partial charge is 0.335 e. The quantitative estimate of drug-likeness (QED) is 0.563. The maximum absolute atomic E-state index is 14.3. The zero-order valence-corrected chi connectivity index (χ0v) is 13.9. The molecule has 120 valence electrons. The van der Waals surface area contributed by atoms with Gasteiger partial charge in [-0.05, 0) is 42.7 Å². The Bertz CT molecular complexity index is 675. The molecule has 0 aromatic heterocycles. The first-order chi connectivity index (χ1) is 11.1. The van der Waals surface area contributed by atoms with E-state index in [1.54, 1.807) is 12.1 Å². The number of hydrogen-bond acceptors (Lipinski definition) is 1. The lowest BCUT2D eigenvalue weighted by molar-refractivity contribution is 0.605. The molecule has 0 aliphatic heterocycles. The minimum Gasteiger partial charge on any atom is -0.335 e. The molecule has 0 bridgehead atoms. The highest BCUT2D eigenvalue weighted by atomic mass is 19.1. The highest BCUT2D eigenvalue weighted by molar-refractivity contribution is 5.57. The lowest BCUT2D eigenvalue weighted by Gasteiger charge is -2.32. The molecule has 0 N–H and O–H groups in total. The van der Waals surface area contributed by atoms with Crippen LogP contribution in [0.2, 0.25) is 0 Å². The molecular formula is C21H24FN. The predicted octanol–water partition coefficient (Wildman–Crippen LogP) is 6.05. The SMILES string of the molecule is C=CC(=C)N(c1ccc(CCC)c(F)c1)C(C)c1ccccc1. The van der Waals surface area contributed by atoms with Crippen molar-refractivity contribution in [3.8, 4) is 0 Å². The van der Waals surface area contributed by atoms with Gasteiger partial charge in [0.15, 0.2) is 0 Å². The molecule has 2 aromatic rings. The van der Waals surface area contributed by atoms with E-state index in [4.69, 9.17) is 0 Å². The number of halogens is 1. The van der Waals surface area contributed by atoms with E-state index in [2.05, 4.69) is 39.1 Å². The average molecular weight is 309 g/mol. The topological polar surface area (TPSA) is 3.24 Å². The van der Waals surface area contributed by atoms with E-state index in [0.29, 0.717) is 0 Å². The van der Waals surface area contributed by atoms with E-state index in [9.17, 15) is 4.39 Å². The molecule has 0 saturated heterocycles. The zero-order chi connectivity index (χ0) is 16.8. The van der Waals surface area contributed by atoms with E-state index in [0.717, 1.165) is 35.4 Å². The minimum absolute atomic E-state index is 0.0399. The standard InChI is InChI=1S/C21H24FN/c1-5-10-19-13-14-20(15-21(19)22)23(16(3)6-2)17(4)18-11-8-7-9-12-18/h6-9,11-15,17H,2-3,5,10H2,1,4H3. The van der Waals surface area contributed by atoms with Crippen molar-refractivity contribution in [2.45, 2.75) is 32.7 Å². The van der Waals surface area contributed by atoms with Crippen LogP contribution in [0.25, 0.3) is 0 Å². The van der Waals surface area contributed by atoms with Crippen LogP contribution in [0.3, 0.4) is 0 Å². The highest BCUT2D eigenvalue weighted by Gasteiger charge is 2.19. The van der Waals surface area contributed by atoms with Crippen LogP contribution in [0.5, 0.6) is 0 Å². The number of aryl methyl sites for hydroxylation is 1. The fraction of sp³-hybridized carbons (Fsp3) is 0.238. The third kappa shape index (κ3) is 3.89.